The number of halogens is 2. The number of carbonyl (C=O) groups is 1. The number of nitro benzene ring substituents is 1. The third kappa shape index (κ3) is 4.30. The van der Waals surface area contributed by atoms with E-state index in [1.165, 1.54) is 18.2 Å². The van der Waals surface area contributed by atoms with E-state index in [1.807, 2.05) is 13.8 Å². The van der Waals surface area contributed by atoms with Crippen molar-refractivity contribution < 1.29 is 9.72 Å². The van der Waals surface area contributed by atoms with E-state index in [0.717, 1.165) is 0 Å². The van der Waals surface area contributed by atoms with Crippen molar-refractivity contribution in [3.05, 3.63) is 38.9 Å². The number of hydrogen-bond donors (Lipinski definition) is 1. The van der Waals surface area contributed by atoms with Crippen molar-refractivity contribution in [3.8, 4) is 0 Å². The number of piperazine rings is 1. The number of nitrogens with one attached hydrogen (secondary N) is 1. The molecule has 1 fully saturated rings. The van der Waals surface area contributed by atoms with Crippen LogP contribution < -0.4 is 5.32 Å². The Bertz CT molecular complexity index is 543. The van der Waals surface area contributed by atoms with E-state index >= 15 is 0 Å². The average Bonchev–Trinajstić information content (AvgIpc) is 2.35. The molecule has 2 atom stereocenters. The second-order valence-corrected chi connectivity index (χ2v) is 5.57. The maximum atomic E-state index is 12.4. The lowest BCUT2D eigenvalue weighted by molar-refractivity contribution is -0.384. The van der Waals surface area contributed by atoms with Crippen LogP contribution in [0.5, 0.6) is 0 Å². The highest BCUT2D eigenvalue weighted by molar-refractivity contribution is 6.31. The summed E-state index contributed by atoms with van der Waals surface area (Å²) in [5, 5.41) is 14.3. The molecule has 0 aromatic heterocycles. The first-order valence-electron chi connectivity index (χ1n) is 6.37. The van der Waals surface area contributed by atoms with Crippen LogP contribution in [0.25, 0.3) is 0 Å². The topological polar surface area (TPSA) is 75.5 Å². The lowest BCUT2D eigenvalue weighted by Crippen LogP contribution is -2.55. The van der Waals surface area contributed by atoms with Gasteiger partial charge in [-0.05, 0) is 19.9 Å². The molecule has 0 bridgehead atoms. The van der Waals surface area contributed by atoms with Crippen molar-refractivity contribution in [3.63, 3.8) is 0 Å². The Morgan fingerprint density at radius 3 is 2.43 bits per heavy atom. The largest absolute Gasteiger partial charge is 0.336 e. The Labute approximate surface area is 134 Å². The zero-order valence-corrected chi connectivity index (χ0v) is 13.3. The number of nitrogens with zero attached hydrogens (tertiary/aromatic N) is 2. The molecule has 1 heterocycles. The molecule has 116 valence electrons. The summed E-state index contributed by atoms with van der Waals surface area (Å²) in [6, 6.07) is 4.36. The van der Waals surface area contributed by atoms with Crippen molar-refractivity contribution in [2.45, 2.75) is 25.9 Å². The second-order valence-electron chi connectivity index (χ2n) is 5.13. The quantitative estimate of drug-likeness (QED) is 0.666. The molecule has 1 aromatic rings. The number of carbonyl (C=O) groups excluding carboxylic acids is 1. The van der Waals surface area contributed by atoms with E-state index in [-0.39, 0.29) is 46.7 Å². The molecule has 2 unspecified atom stereocenters. The monoisotopic (exact) mass is 333 g/mol. The fraction of sp³-hybridized carbons (Fsp3) is 0.462. The number of nitro groups is 1. The highest BCUT2D eigenvalue weighted by atomic mass is 35.5. The lowest BCUT2D eigenvalue weighted by Gasteiger charge is -2.36. The molecular weight excluding hydrogens is 317 g/mol. The molecule has 0 spiro atoms. The highest BCUT2D eigenvalue weighted by Crippen LogP contribution is 2.22. The minimum atomic E-state index is -0.550. The van der Waals surface area contributed by atoms with E-state index in [2.05, 4.69) is 5.32 Å². The average molecular weight is 334 g/mol. The first kappa shape index (κ1) is 17.7. The van der Waals surface area contributed by atoms with Crippen molar-refractivity contribution in [2.24, 2.45) is 0 Å². The van der Waals surface area contributed by atoms with Gasteiger partial charge in [0.1, 0.15) is 0 Å². The van der Waals surface area contributed by atoms with Gasteiger partial charge in [0.15, 0.2) is 0 Å². The Kier molecular flexibility index (Phi) is 5.95. The minimum Gasteiger partial charge on any atom is -0.336 e. The molecule has 0 radical (unpaired) electrons. The number of amides is 1. The van der Waals surface area contributed by atoms with Crippen molar-refractivity contribution in [1.82, 2.24) is 10.2 Å². The van der Waals surface area contributed by atoms with Crippen LogP contribution in [0.15, 0.2) is 18.2 Å². The first-order valence-corrected chi connectivity index (χ1v) is 6.75. The lowest BCUT2D eigenvalue weighted by atomic mass is 10.1. The van der Waals surface area contributed by atoms with E-state index in [1.54, 1.807) is 4.90 Å². The fourth-order valence-electron chi connectivity index (χ4n) is 2.48. The molecule has 0 saturated carbocycles. The molecule has 1 aliphatic heterocycles. The van der Waals surface area contributed by atoms with E-state index in [9.17, 15) is 14.9 Å². The van der Waals surface area contributed by atoms with Gasteiger partial charge >= 0.3 is 0 Å². The first-order chi connectivity index (χ1) is 9.36. The van der Waals surface area contributed by atoms with Gasteiger partial charge in [0.05, 0.1) is 4.92 Å². The van der Waals surface area contributed by atoms with Crippen molar-refractivity contribution in [1.29, 1.82) is 0 Å². The molecule has 1 saturated heterocycles. The number of benzene rings is 1. The van der Waals surface area contributed by atoms with Crippen LogP contribution in [0.4, 0.5) is 5.69 Å². The number of hydrogen-bond acceptors (Lipinski definition) is 4. The third-order valence-electron chi connectivity index (χ3n) is 3.19. The van der Waals surface area contributed by atoms with Gasteiger partial charge in [-0.25, -0.2) is 0 Å². The van der Waals surface area contributed by atoms with Gasteiger partial charge in [0.25, 0.3) is 11.6 Å². The summed E-state index contributed by atoms with van der Waals surface area (Å²) >= 11 is 5.85. The Morgan fingerprint density at radius 2 is 1.90 bits per heavy atom. The van der Waals surface area contributed by atoms with Crippen LogP contribution >= 0.6 is 24.0 Å². The SMILES string of the molecule is CC1CN(C(=O)c2cc(Cl)cc([N+](=O)[O-])c2)CC(C)N1.Cl. The maximum absolute atomic E-state index is 12.4. The normalized spacial score (nSPS) is 21.6. The van der Waals surface area contributed by atoms with Gasteiger partial charge in [-0.2, -0.15) is 0 Å². The summed E-state index contributed by atoms with van der Waals surface area (Å²) in [6.07, 6.45) is 0. The van der Waals surface area contributed by atoms with Crippen molar-refractivity contribution in [2.75, 3.05) is 13.1 Å². The predicted molar refractivity (Wildman–Crippen MR) is 83.3 cm³/mol. The van der Waals surface area contributed by atoms with Crippen LogP contribution in [0.2, 0.25) is 5.02 Å². The fourth-order valence-corrected chi connectivity index (χ4v) is 2.71. The number of rotatable bonds is 2. The predicted octanol–water partition coefficient (Wildman–Crippen LogP) is 2.49. The van der Waals surface area contributed by atoms with E-state index < -0.39 is 4.92 Å². The summed E-state index contributed by atoms with van der Waals surface area (Å²) in [7, 11) is 0. The zero-order chi connectivity index (χ0) is 14.9. The van der Waals surface area contributed by atoms with Crippen LogP contribution in [-0.4, -0.2) is 40.9 Å². The molecule has 6 nitrogen and oxygen atoms in total. The molecule has 2 rings (SSSR count). The maximum Gasteiger partial charge on any atom is 0.271 e. The number of non-ortho nitro benzene ring substituents is 1. The second kappa shape index (κ2) is 7.06. The minimum absolute atomic E-state index is 0. The zero-order valence-electron chi connectivity index (χ0n) is 11.7. The van der Waals surface area contributed by atoms with E-state index in [4.69, 9.17) is 11.6 Å². The summed E-state index contributed by atoms with van der Waals surface area (Å²) in [4.78, 5) is 24.4. The van der Waals surface area contributed by atoms with Crippen LogP contribution in [0, 0.1) is 10.1 Å². The molecule has 1 N–H and O–H groups in total. The van der Waals surface area contributed by atoms with E-state index in [0.29, 0.717) is 13.1 Å². The van der Waals surface area contributed by atoms with Crippen LogP contribution in [-0.2, 0) is 0 Å². The summed E-state index contributed by atoms with van der Waals surface area (Å²) in [6.45, 7) is 5.14. The smallest absolute Gasteiger partial charge is 0.271 e. The highest BCUT2D eigenvalue weighted by Gasteiger charge is 2.26. The molecule has 21 heavy (non-hydrogen) atoms. The van der Waals surface area contributed by atoms with Gasteiger partial charge in [-0.3, -0.25) is 14.9 Å². The summed E-state index contributed by atoms with van der Waals surface area (Å²) in [5.74, 6) is -0.226. The Hall–Kier alpha value is -1.37. The van der Waals surface area contributed by atoms with Crippen LogP contribution in [0.3, 0.4) is 0 Å². The van der Waals surface area contributed by atoms with Gasteiger partial charge < -0.3 is 10.2 Å². The molecule has 8 heteroatoms. The van der Waals surface area contributed by atoms with Crippen molar-refractivity contribution >= 4 is 35.6 Å². The van der Waals surface area contributed by atoms with Crippen LogP contribution in [0.1, 0.15) is 24.2 Å². The van der Waals surface area contributed by atoms with Gasteiger partial charge in [-0.15, -0.1) is 12.4 Å². The molecular formula is C13H17Cl2N3O3. The summed E-state index contributed by atoms with van der Waals surface area (Å²) in [5.41, 5.74) is 0.0857. The molecule has 1 aliphatic rings. The Morgan fingerprint density at radius 1 is 1.33 bits per heavy atom. The van der Waals surface area contributed by atoms with Gasteiger partial charge in [-0.1, -0.05) is 11.6 Å². The molecule has 0 aliphatic carbocycles. The van der Waals surface area contributed by atoms with Gasteiger partial charge in [0.2, 0.25) is 0 Å². The third-order valence-corrected chi connectivity index (χ3v) is 3.40. The summed E-state index contributed by atoms with van der Waals surface area (Å²) < 4.78 is 0. The molecule has 1 aromatic carbocycles. The van der Waals surface area contributed by atoms with Gasteiger partial charge in [0, 0.05) is 47.9 Å². The molecule has 1 amide bonds. The standard InChI is InChI=1S/C13H16ClN3O3.ClH/c1-8-6-16(7-9(2)15-8)13(18)10-3-11(14)5-12(4-10)17(19)20;/h3-5,8-9,15H,6-7H2,1-2H3;1H. The Balaban J connectivity index is 0.00000220.